The number of fused-ring (bicyclic) bond motifs is 9. The number of unbranched alkanes of at least 4 members (excludes halogenated alkanes) is 26. The molecule has 438 valence electrons. The van der Waals surface area contributed by atoms with E-state index in [1.807, 2.05) is 22.7 Å². The van der Waals surface area contributed by atoms with E-state index in [0.29, 0.717) is 5.92 Å². The van der Waals surface area contributed by atoms with Crippen LogP contribution in [0.3, 0.4) is 0 Å². The fourth-order valence-corrected chi connectivity index (χ4v) is 18.1. The average molecular weight is 1250 g/mol. The first kappa shape index (κ1) is 62.6. The quantitative estimate of drug-likeness (QED) is 0.0340. The topological polar surface area (TPSA) is 4.93 Å². The number of aryl methyl sites for hydroxylation is 2. The Hall–Kier alpha value is -2.96. The summed E-state index contributed by atoms with van der Waals surface area (Å²) in [5.74, 6) is 0.651. The van der Waals surface area contributed by atoms with Crippen LogP contribution in [0.2, 0.25) is 0 Å². The maximum atomic E-state index is 4.04. The predicted octanol–water partition coefficient (Wildman–Crippen LogP) is 26.4. The van der Waals surface area contributed by atoms with Gasteiger partial charge in [-0.05, 0) is 182 Å². The van der Waals surface area contributed by atoms with E-state index in [2.05, 4.69) is 163 Å². The van der Waals surface area contributed by atoms with Crippen LogP contribution >= 0.6 is 54.5 Å². The van der Waals surface area contributed by atoms with Crippen molar-refractivity contribution in [2.45, 2.75) is 277 Å². The molecule has 0 saturated carbocycles. The van der Waals surface area contributed by atoms with Crippen LogP contribution < -0.4 is 0 Å². The summed E-state index contributed by atoms with van der Waals surface area (Å²) < 4.78 is 5.33. The van der Waals surface area contributed by atoms with Gasteiger partial charge in [0.15, 0.2) is 0 Å². The fraction of sp³-hybridized carbons (Fsp3) is 0.579. The molecule has 3 unspecified atom stereocenters. The lowest BCUT2D eigenvalue weighted by Crippen LogP contribution is -2.22. The van der Waals surface area contributed by atoms with E-state index >= 15 is 0 Å². The maximum Gasteiger partial charge on any atom is 0.0708 e. The molecule has 5 heteroatoms. The van der Waals surface area contributed by atoms with Crippen molar-refractivity contribution in [3.63, 3.8) is 0 Å². The highest BCUT2D eigenvalue weighted by Crippen LogP contribution is 2.60. The summed E-state index contributed by atoms with van der Waals surface area (Å²) in [6.07, 6.45) is 46.0. The van der Waals surface area contributed by atoms with Gasteiger partial charge in [0.1, 0.15) is 0 Å². The highest BCUT2D eigenvalue weighted by Gasteiger charge is 2.45. The Kier molecular flexibility index (Phi) is 23.9. The summed E-state index contributed by atoms with van der Waals surface area (Å²) in [7, 11) is 0. The lowest BCUT2D eigenvalue weighted by molar-refractivity contribution is 0.364. The summed E-state index contributed by atoms with van der Waals surface area (Å²) >= 11 is 12.0. The first-order valence-electron chi connectivity index (χ1n) is 33.6. The Bertz CT molecular complexity index is 2860. The van der Waals surface area contributed by atoms with Crippen LogP contribution in [0.5, 0.6) is 0 Å². The Morgan fingerprint density at radius 1 is 0.383 bits per heavy atom. The van der Waals surface area contributed by atoms with Crippen LogP contribution in [0.15, 0.2) is 92.5 Å². The Balaban J connectivity index is 1.11. The SMILES string of the molecule is CCCCCCCCCCCCC(CCCCCCCCCC)Cn1c2cc3c(cc2c2cc4c(cc21)-c1sc(Br)cc1C4(C)c1ccc(CCCCCCCC)cc1)C(C)(c1ccc(CCCCCCCC)cc1)c1cc(Br)sc1-3. The lowest BCUT2D eigenvalue weighted by Gasteiger charge is -2.28. The van der Waals surface area contributed by atoms with Crippen LogP contribution in [-0.4, -0.2) is 4.57 Å². The molecule has 2 aliphatic carbocycles. The van der Waals surface area contributed by atoms with Gasteiger partial charge in [0, 0.05) is 48.9 Å². The Labute approximate surface area is 518 Å². The number of rotatable bonds is 38. The summed E-state index contributed by atoms with van der Waals surface area (Å²) in [6, 6.07) is 35.5. The highest BCUT2D eigenvalue weighted by atomic mass is 79.9. The molecular weight excluding hydrogens is 1150 g/mol. The molecule has 0 radical (unpaired) electrons. The van der Waals surface area contributed by atoms with Gasteiger partial charge in [0.25, 0.3) is 0 Å². The number of halogens is 2. The predicted molar refractivity (Wildman–Crippen MR) is 367 cm³/mol. The van der Waals surface area contributed by atoms with Crippen LogP contribution in [0.25, 0.3) is 42.7 Å². The van der Waals surface area contributed by atoms with Crippen molar-refractivity contribution in [1.29, 1.82) is 0 Å². The van der Waals surface area contributed by atoms with E-state index in [0.717, 1.165) is 6.54 Å². The zero-order valence-electron chi connectivity index (χ0n) is 51.4. The van der Waals surface area contributed by atoms with Crippen molar-refractivity contribution in [1.82, 2.24) is 4.57 Å². The van der Waals surface area contributed by atoms with E-state index in [1.165, 1.54) is 313 Å². The van der Waals surface area contributed by atoms with Crippen LogP contribution in [0.4, 0.5) is 0 Å². The second-order valence-electron chi connectivity index (χ2n) is 25.8. The number of benzene rings is 4. The van der Waals surface area contributed by atoms with Gasteiger partial charge in [0.2, 0.25) is 0 Å². The molecule has 7 aromatic rings. The number of hydrogen-bond acceptors (Lipinski definition) is 2. The van der Waals surface area contributed by atoms with Gasteiger partial charge in [-0.3, -0.25) is 0 Å². The van der Waals surface area contributed by atoms with Gasteiger partial charge in [0.05, 0.1) is 7.57 Å². The maximum absolute atomic E-state index is 4.04. The molecule has 9 rings (SSSR count). The third-order valence-corrected chi connectivity index (χ3v) is 23.1. The number of aromatic nitrogens is 1. The first-order valence-corrected chi connectivity index (χ1v) is 36.8. The lowest BCUT2D eigenvalue weighted by atomic mass is 9.73. The third kappa shape index (κ3) is 14.8. The normalized spacial score (nSPS) is 16.7. The van der Waals surface area contributed by atoms with Crippen molar-refractivity contribution in [2.24, 2.45) is 5.92 Å². The molecule has 0 spiro atoms. The van der Waals surface area contributed by atoms with Crippen molar-refractivity contribution in [3.05, 3.63) is 137 Å². The minimum atomic E-state index is -0.262. The molecule has 0 fully saturated rings. The van der Waals surface area contributed by atoms with Gasteiger partial charge in [-0.25, -0.2) is 0 Å². The summed E-state index contributed by atoms with van der Waals surface area (Å²) in [6.45, 7) is 15.5. The molecule has 1 nitrogen and oxygen atoms in total. The summed E-state index contributed by atoms with van der Waals surface area (Å²) in [4.78, 5) is 2.89. The average Bonchev–Trinajstić information content (AvgIpc) is 2.11. The van der Waals surface area contributed by atoms with Gasteiger partial charge in [-0.1, -0.05) is 256 Å². The largest absolute Gasteiger partial charge is 0.340 e. The number of thiophene rings is 2. The zero-order valence-corrected chi connectivity index (χ0v) is 56.2. The molecule has 3 heterocycles. The molecule has 3 atom stereocenters. The minimum absolute atomic E-state index is 0.262. The van der Waals surface area contributed by atoms with E-state index in [9.17, 15) is 0 Å². The van der Waals surface area contributed by atoms with Gasteiger partial charge >= 0.3 is 0 Å². The van der Waals surface area contributed by atoms with Gasteiger partial charge in [-0.15, -0.1) is 22.7 Å². The van der Waals surface area contributed by atoms with Crippen LogP contribution in [0, 0.1) is 5.92 Å². The molecule has 0 bridgehead atoms. The minimum Gasteiger partial charge on any atom is -0.340 e. The third-order valence-electron chi connectivity index (χ3n) is 19.8. The molecule has 81 heavy (non-hydrogen) atoms. The first-order chi connectivity index (χ1) is 39.6. The van der Waals surface area contributed by atoms with E-state index < -0.39 is 0 Å². The molecule has 4 aromatic carbocycles. The highest BCUT2D eigenvalue weighted by molar-refractivity contribution is 9.11. The second kappa shape index (κ2) is 30.9. The van der Waals surface area contributed by atoms with Crippen LogP contribution in [-0.2, 0) is 30.2 Å². The van der Waals surface area contributed by atoms with E-state index in [-0.39, 0.29) is 10.8 Å². The van der Waals surface area contributed by atoms with Crippen molar-refractivity contribution >= 4 is 76.3 Å². The molecule has 0 aliphatic heterocycles. The Morgan fingerprint density at radius 2 is 0.704 bits per heavy atom. The molecule has 2 aliphatic rings. The van der Waals surface area contributed by atoms with Crippen molar-refractivity contribution in [3.8, 4) is 20.9 Å². The number of nitrogens with zero attached hydrogens (tertiary/aromatic N) is 1. The molecule has 0 saturated heterocycles. The zero-order chi connectivity index (χ0) is 56.6. The molecular formula is C76H103Br2NS2. The van der Waals surface area contributed by atoms with Gasteiger partial charge < -0.3 is 4.57 Å². The van der Waals surface area contributed by atoms with Crippen molar-refractivity contribution in [2.75, 3.05) is 0 Å². The smallest absolute Gasteiger partial charge is 0.0708 e. The summed E-state index contributed by atoms with van der Waals surface area (Å²) in [5.41, 5.74) is 16.8. The van der Waals surface area contributed by atoms with Crippen LogP contribution in [0.1, 0.15) is 292 Å². The van der Waals surface area contributed by atoms with Crippen molar-refractivity contribution < 1.29 is 0 Å². The number of hydrogen-bond donors (Lipinski definition) is 0. The molecule has 0 N–H and O–H groups in total. The fourth-order valence-electron chi connectivity index (χ4n) is 14.7. The van der Waals surface area contributed by atoms with E-state index in [1.54, 1.807) is 0 Å². The monoisotopic (exact) mass is 1250 g/mol. The molecule has 3 aromatic heterocycles. The second-order valence-corrected chi connectivity index (χ2v) is 30.7. The molecule has 0 amide bonds. The summed E-state index contributed by atoms with van der Waals surface area (Å²) in [5, 5.41) is 2.87. The van der Waals surface area contributed by atoms with E-state index in [4.69, 9.17) is 0 Å². The Morgan fingerprint density at radius 3 is 1.05 bits per heavy atom. The standard InChI is InChI=1S/C76H103Br2NS2/c1-7-11-15-19-23-25-26-28-32-36-40-58(39-35-31-27-24-20-16-12-8-2)55-79-69-51-63-65(75(5,67-53-71(77)80-73(63)67)59-45-41-56(42-46-59)37-33-29-21-17-13-9-3)49-61(69)62-50-66-64(52-70(62)79)74-68(54-72(78)81-74)76(66,6)60-47-43-57(44-48-60)38-34-30-22-18-14-10-4/h41-54,58H,7-40,55H2,1-6H3. The van der Waals surface area contributed by atoms with Gasteiger partial charge in [-0.2, -0.15) is 0 Å².